The van der Waals surface area contributed by atoms with Crippen molar-refractivity contribution in [2.75, 3.05) is 24.7 Å². The Balaban J connectivity index is 0.00000612. The first-order valence-corrected chi connectivity index (χ1v) is 14.2. The fraction of sp³-hybridized carbons (Fsp3) is 0.417. The van der Waals surface area contributed by atoms with Gasteiger partial charge in [0.1, 0.15) is 11.5 Å². The number of ether oxygens (including phenoxy) is 2. The second-order valence-electron chi connectivity index (χ2n) is 7.64. The van der Waals surface area contributed by atoms with Crippen LogP contribution in [-0.2, 0) is 20.2 Å². The molecule has 0 amide bonds. The van der Waals surface area contributed by atoms with Crippen LogP contribution in [0.5, 0.6) is 11.5 Å². The van der Waals surface area contributed by atoms with Gasteiger partial charge in [-0.2, -0.15) is 0 Å². The van der Waals surface area contributed by atoms with Crippen LogP contribution < -0.4 is 68.6 Å². The monoisotopic (exact) mass is 556 g/mol. The van der Waals surface area contributed by atoms with E-state index in [-0.39, 0.29) is 85.2 Å². The molecule has 0 aliphatic rings. The van der Waals surface area contributed by atoms with Crippen LogP contribution in [0.25, 0.3) is 11.1 Å². The minimum absolute atomic E-state index is 0. The Hall–Kier alpha value is -0.400. The summed E-state index contributed by atoms with van der Waals surface area (Å²) in [6.07, 6.45) is 1.91. The zero-order chi connectivity index (χ0) is 25.2. The molecule has 36 heavy (non-hydrogen) atoms. The van der Waals surface area contributed by atoms with Gasteiger partial charge in [-0.05, 0) is 72.2 Å². The summed E-state index contributed by atoms with van der Waals surface area (Å²) in [5, 5.41) is 0. The maximum atomic E-state index is 10.7. The Morgan fingerprint density at radius 1 is 0.639 bits per heavy atom. The minimum Gasteiger partial charge on any atom is -0.748 e. The first-order chi connectivity index (χ1) is 16.0. The van der Waals surface area contributed by atoms with Gasteiger partial charge in [-0.25, -0.2) is 16.8 Å². The molecule has 0 spiro atoms. The predicted octanol–water partition coefficient (Wildman–Crippen LogP) is -1.95. The van der Waals surface area contributed by atoms with Gasteiger partial charge < -0.3 is 18.6 Å². The van der Waals surface area contributed by atoms with E-state index >= 15 is 0 Å². The molecule has 0 saturated heterocycles. The van der Waals surface area contributed by atoms with Gasteiger partial charge in [-0.3, -0.25) is 0 Å². The molecule has 0 aromatic heterocycles. The number of hydrogen-bond donors (Lipinski definition) is 0. The summed E-state index contributed by atoms with van der Waals surface area (Å²) in [6.45, 7) is 4.47. The molecule has 2 rings (SSSR count). The molecule has 188 valence electrons. The van der Waals surface area contributed by atoms with E-state index in [4.69, 9.17) is 9.47 Å². The van der Waals surface area contributed by atoms with E-state index in [0.29, 0.717) is 11.5 Å². The minimum atomic E-state index is -4.23. The molecule has 0 saturated carbocycles. The van der Waals surface area contributed by atoms with Gasteiger partial charge in [0, 0.05) is 11.5 Å². The Morgan fingerprint density at radius 3 is 1.19 bits per heavy atom. The van der Waals surface area contributed by atoms with Crippen LogP contribution in [-0.4, -0.2) is 50.7 Å². The molecule has 0 radical (unpaired) electrons. The first-order valence-electron chi connectivity index (χ1n) is 11.1. The van der Waals surface area contributed by atoms with Crippen molar-refractivity contribution < 1.29 is 94.5 Å². The number of rotatable bonds is 14. The molecular weight excluding hydrogens is 526 g/mol. The second kappa shape index (κ2) is 17.2. The molecule has 0 atom stereocenters. The third-order valence-electron chi connectivity index (χ3n) is 5.09. The Bertz CT molecular complexity index is 1070. The molecular formula is C24H30Na2O8S2. The first kappa shape index (κ1) is 35.6. The Morgan fingerprint density at radius 2 is 0.944 bits per heavy atom. The average Bonchev–Trinajstić information content (AvgIpc) is 2.78. The molecule has 12 heteroatoms. The summed E-state index contributed by atoms with van der Waals surface area (Å²) < 4.78 is 75.0. The van der Waals surface area contributed by atoms with Crippen molar-refractivity contribution in [1.29, 1.82) is 0 Å². The van der Waals surface area contributed by atoms with E-state index in [1.54, 1.807) is 0 Å². The maximum absolute atomic E-state index is 10.7. The molecule has 0 unspecified atom stereocenters. The van der Waals surface area contributed by atoms with Crippen molar-refractivity contribution in [2.45, 2.75) is 39.5 Å². The SMILES string of the molecule is CC/C(=C(/CC)c1ccc(OCCCS(=O)(=O)[O-])cc1)c1ccc(OCCCS(=O)(=O)[O-])cc1.[Na+].[Na+]. The number of hydrogen-bond acceptors (Lipinski definition) is 8. The van der Waals surface area contributed by atoms with Crippen LogP contribution in [0.15, 0.2) is 48.5 Å². The van der Waals surface area contributed by atoms with Crippen LogP contribution in [0.3, 0.4) is 0 Å². The third-order valence-corrected chi connectivity index (χ3v) is 6.67. The van der Waals surface area contributed by atoms with Crippen molar-refractivity contribution in [3.63, 3.8) is 0 Å². The fourth-order valence-electron chi connectivity index (χ4n) is 3.54. The summed E-state index contributed by atoms with van der Waals surface area (Å²) in [5.41, 5.74) is 4.46. The number of allylic oxidation sites excluding steroid dienone is 2. The van der Waals surface area contributed by atoms with Crippen molar-refractivity contribution in [3.05, 3.63) is 59.7 Å². The van der Waals surface area contributed by atoms with Crippen molar-refractivity contribution in [2.24, 2.45) is 0 Å². The molecule has 2 aromatic carbocycles. The fourth-order valence-corrected chi connectivity index (χ4v) is 4.48. The second-order valence-corrected chi connectivity index (χ2v) is 10.7. The van der Waals surface area contributed by atoms with E-state index in [0.717, 1.165) is 24.0 Å². The van der Waals surface area contributed by atoms with E-state index in [1.165, 1.54) is 11.1 Å². The van der Waals surface area contributed by atoms with Crippen molar-refractivity contribution in [3.8, 4) is 11.5 Å². The van der Waals surface area contributed by atoms with Crippen LogP contribution in [0.4, 0.5) is 0 Å². The van der Waals surface area contributed by atoms with Gasteiger partial charge >= 0.3 is 59.1 Å². The van der Waals surface area contributed by atoms with Crippen LogP contribution >= 0.6 is 0 Å². The number of benzene rings is 2. The molecule has 0 fully saturated rings. The third kappa shape index (κ3) is 13.4. The van der Waals surface area contributed by atoms with Gasteiger partial charge in [0.05, 0.1) is 33.5 Å². The van der Waals surface area contributed by atoms with Crippen LogP contribution in [0.2, 0.25) is 0 Å². The Kier molecular flexibility index (Phi) is 17.0. The zero-order valence-corrected chi connectivity index (χ0v) is 27.0. The van der Waals surface area contributed by atoms with Gasteiger partial charge in [-0.15, -0.1) is 0 Å². The molecule has 0 bridgehead atoms. The van der Waals surface area contributed by atoms with Crippen LogP contribution in [0.1, 0.15) is 50.7 Å². The zero-order valence-electron chi connectivity index (χ0n) is 21.4. The summed E-state index contributed by atoms with van der Waals surface area (Å²) in [7, 11) is -8.46. The standard InChI is InChI=1S/C24H32O8S2.2Na/c1-3-23(19-7-11-21(12-8-19)31-15-5-17-33(25,26)27)24(4-2)20-9-13-22(14-10-20)32-16-6-18-34(28,29)30;;/h7-14H,3-6,15-18H2,1-2H3,(H,25,26,27)(H,28,29,30);;/q;2*+1/p-2/b24-23+;;. The van der Waals surface area contributed by atoms with E-state index in [2.05, 4.69) is 13.8 Å². The summed E-state index contributed by atoms with van der Waals surface area (Å²) >= 11 is 0. The maximum Gasteiger partial charge on any atom is 1.00 e. The summed E-state index contributed by atoms with van der Waals surface area (Å²) in [5.74, 6) is 0.317. The molecule has 8 nitrogen and oxygen atoms in total. The quantitative estimate of drug-likeness (QED) is 0.114. The van der Waals surface area contributed by atoms with Gasteiger partial charge in [0.15, 0.2) is 0 Å². The van der Waals surface area contributed by atoms with Crippen molar-refractivity contribution >= 4 is 31.4 Å². The van der Waals surface area contributed by atoms with E-state index < -0.39 is 31.7 Å². The van der Waals surface area contributed by atoms with E-state index in [9.17, 15) is 25.9 Å². The smallest absolute Gasteiger partial charge is 0.748 e. The van der Waals surface area contributed by atoms with Gasteiger partial charge in [-0.1, -0.05) is 38.1 Å². The van der Waals surface area contributed by atoms with Crippen LogP contribution in [0, 0.1) is 0 Å². The summed E-state index contributed by atoms with van der Waals surface area (Å²) in [4.78, 5) is 0. The average molecular weight is 557 g/mol. The normalized spacial score (nSPS) is 12.1. The van der Waals surface area contributed by atoms with E-state index in [1.807, 2.05) is 48.5 Å². The molecule has 2 aromatic rings. The van der Waals surface area contributed by atoms with Gasteiger partial charge in [0.25, 0.3) is 0 Å². The van der Waals surface area contributed by atoms with Crippen molar-refractivity contribution in [1.82, 2.24) is 0 Å². The largest absolute Gasteiger partial charge is 1.00 e. The molecule has 0 aliphatic heterocycles. The summed E-state index contributed by atoms with van der Waals surface area (Å²) in [6, 6.07) is 15.1. The topological polar surface area (TPSA) is 133 Å². The Labute approximate surface area is 258 Å². The van der Waals surface area contributed by atoms with Gasteiger partial charge in [0.2, 0.25) is 0 Å². The molecule has 0 aliphatic carbocycles. The molecule has 0 N–H and O–H groups in total. The predicted molar refractivity (Wildman–Crippen MR) is 130 cm³/mol. The molecule has 0 heterocycles.